The van der Waals surface area contributed by atoms with Crippen LogP contribution in [0, 0.1) is 0 Å². The molecule has 0 fully saturated rings. The number of ether oxygens (including phenoxy) is 5. The van der Waals surface area contributed by atoms with Crippen molar-refractivity contribution in [2.75, 3.05) is 20.5 Å². The van der Waals surface area contributed by atoms with Crippen molar-refractivity contribution in [1.29, 1.82) is 0 Å². The van der Waals surface area contributed by atoms with Crippen LogP contribution in [-0.4, -0.2) is 38.7 Å². The van der Waals surface area contributed by atoms with Crippen LogP contribution in [-0.2, 0) is 4.79 Å². The lowest BCUT2D eigenvalue weighted by Crippen LogP contribution is -2.42. The van der Waals surface area contributed by atoms with Crippen LogP contribution >= 0.6 is 0 Å². The van der Waals surface area contributed by atoms with Gasteiger partial charge in [-0.05, 0) is 24.3 Å². The van der Waals surface area contributed by atoms with Crippen LogP contribution in [0.2, 0.25) is 0 Å². The zero-order chi connectivity index (χ0) is 17.9. The molecule has 26 heavy (non-hydrogen) atoms. The lowest BCUT2D eigenvalue weighted by atomic mass is 10.2. The normalized spacial score (nSPS) is 17.2. The summed E-state index contributed by atoms with van der Waals surface area (Å²) < 4.78 is 27.1. The Morgan fingerprint density at radius 2 is 2.04 bits per heavy atom. The Kier molecular flexibility index (Phi) is 4.22. The molecular weight excluding hydrogens is 340 g/mol. The molecule has 0 saturated heterocycles. The van der Waals surface area contributed by atoms with Crippen molar-refractivity contribution in [3.63, 3.8) is 0 Å². The van der Waals surface area contributed by atoms with Gasteiger partial charge in [0.25, 0.3) is 5.91 Å². The molecular formula is C18H16N2O6. The van der Waals surface area contributed by atoms with Gasteiger partial charge in [0.2, 0.25) is 18.6 Å². The first-order valence-corrected chi connectivity index (χ1v) is 7.93. The number of nitrogens with zero attached hydrogens (tertiary/aromatic N) is 1. The number of rotatable bonds is 4. The van der Waals surface area contributed by atoms with E-state index in [4.69, 9.17) is 23.7 Å². The fraction of sp³-hybridized carbons (Fsp3) is 0.222. The number of nitrogens with one attached hydrogen (secondary N) is 1. The second kappa shape index (κ2) is 6.83. The summed E-state index contributed by atoms with van der Waals surface area (Å²) >= 11 is 0. The predicted molar refractivity (Wildman–Crippen MR) is 91.2 cm³/mol. The Morgan fingerprint density at radius 3 is 2.88 bits per heavy atom. The van der Waals surface area contributed by atoms with Crippen LogP contribution in [0.5, 0.6) is 28.7 Å². The number of carbonyl (C=O) groups is 1. The number of methoxy groups -OCH3 is 1. The van der Waals surface area contributed by atoms with Crippen LogP contribution in [0.4, 0.5) is 0 Å². The highest BCUT2D eigenvalue weighted by atomic mass is 16.7. The summed E-state index contributed by atoms with van der Waals surface area (Å²) in [6.45, 7) is 0.264. The second-order valence-corrected chi connectivity index (χ2v) is 5.56. The summed E-state index contributed by atoms with van der Waals surface area (Å²) in [6.07, 6.45) is 0.716. The maximum atomic E-state index is 12.2. The molecule has 0 aliphatic carbocycles. The minimum absolute atomic E-state index is 0.121. The second-order valence-electron chi connectivity index (χ2n) is 5.56. The summed E-state index contributed by atoms with van der Waals surface area (Å²) in [4.78, 5) is 12.2. The molecule has 1 N–H and O–H groups in total. The third-order valence-electron chi connectivity index (χ3n) is 3.87. The van der Waals surface area contributed by atoms with E-state index < -0.39 is 12.0 Å². The zero-order valence-corrected chi connectivity index (χ0v) is 13.9. The van der Waals surface area contributed by atoms with E-state index in [2.05, 4.69) is 10.5 Å². The maximum absolute atomic E-state index is 12.2. The quantitative estimate of drug-likeness (QED) is 0.663. The minimum Gasteiger partial charge on any atom is -0.493 e. The molecule has 0 bridgehead atoms. The molecule has 2 aromatic carbocycles. The van der Waals surface area contributed by atoms with E-state index in [9.17, 15) is 4.79 Å². The van der Waals surface area contributed by atoms with Crippen molar-refractivity contribution in [3.8, 4) is 28.7 Å². The van der Waals surface area contributed by atoms with Crippen LogP contribution in [0.15, 0.2) is 41.5 Å². The lowest BCUT2D eigenvalue weighted by Gasteiger charge is -2.24. The fourth-order valence-corrected chi connectivity index (χ4v) is 2.62. The summed E-state index contributed by atoms with van der Waals surface area (Å²) in [7, 11) is 1.54. The summed E-state index contributed by atoms with van der Waals surface area (Å²) in [6, 6.07) is 10.7. The van der Waals surface area contributed by atoms with Gasteiger partial charge < -0.3 is 23.7 Å². The number of hydrazone groups is 1. The number of carbonyl (C=O) groups excluding carboxylic acids is 1. The first kappa shape index (κ1) is 16.1. The van der Waals surface area contributed by atoms with E-state index in [-0.39, 0.29) is 13.4 Å². The van der Waals surface area contributed by atoms with Crippen molar-refractivity contribution in [2.45, 2.75) is 6.10 Å². The summed E-state index contributed by atoms with van der Waals surface area (Å²) in [5.74, 6) is 2.41. The van der Waals surface area contributed by atoms with E-state index in [1.54, 1.807) is 24.3 Å². The minimum atomic E-state index is -0.770. The van der Waals surface area contributed by atoms with Gasteiger partial charge in [-0.2, -0.15) is 5.10 Å². The van der Waals surface area contributed by atoms with Crippen molar-refractivity contribution in [1.82, 2.24) is 5.43 Å². The van der Waals surface area contributed by atoms with Crippen molar-refractivity contribution < 1.29 is 28.5 Å². The van der Waals surface area contributed by atoms with Gasteiger partial charge in [-0.25, -0.2) is 5.43 Å². The summed E-state index contributed by atoms with van der Waals surface area (Å²) in [5, 5.41) is 3.96. The Balaban J connectivity index is 1.41. The van der Waals surface area contributed by atoms with Crippen molar-refractivity contribution in [3.05, 3.63) is 42.0 Å². The molecule has 1 atom stereocenters. The number of para-hydroxylation sites is 2. The number of hydrogen-bond acceptors (Lipinski definition) is 7. The molecule has 2 aromatic rings. The van der Waals surface area contributed by atoms with Gasteiger partial charge >= 0.3 is 0 Å². The predicted octanol–water partition coefficient (Wildman–Crippen LogP) is 1.71. The molecule has 0 unspecified atom stereocenters. The molecule has 134 valence electrons. The molecule has 2 aliphatic heterocycles. The molecule has 8 nitrogen and oxygen atoms in total. The molecule has 1 amide bonds. The zero-order valence-electron chi connectivity index (χ0n) is 13.9. The maximum Gasteiger partial charge on any atom is 0.284 e. The molecule has 8 heteroatoms. The highest BCUT2D eigenvalue weighted by Crippen LogP contribution is 2.41. The highest BCUT2D eigenvalue weighted by Gasteiger charge is 2.27. The van der Waals surface area contributed by atoms with E-state index in [0.717, 1.165) is 0 Å². The van der Waals surface area contributed by atoms with Gasteiger partial charge in [-0.15, -0.1) is 0 Å². The first-order chi connectivity index (χ1) is 12.7. The molecule has 0 spiro atoms. The average molecular weight is 356 g/mol. The smallest absolute Gasteiger partial charge is 0.284 e. The third kappa shape index (κ3) is 3.08. The van der Waals surface area contributed by atoms with Gasteiger partial charge in [-0.3, -0.25) is 4.79 Å². The Hall–Kier alpha value is -3.42. The van der Waals surface area contributed by atoms with Crippen LogP contribution in [0.1, 0.15) is 5.56 Å². The Labute approximate surface area is 149 Å². The topological polar surface area (TPSA) is 87.6 Å². The van der Waals surface area contributed by atoms with Gasteiger partial charge in [0.05, 0.1) is 13.3 Å². The number of hydrogen-bond donors (Lipinski definition) is 1. The number of benzene rings is 2. The van der Waals surface area contributed by atoms with Crippen molar-refractivity contribution >= 4 is 12.1 Å². The monoisotopic (exact) mass is 356 g/mol. The Morgan fingerprint density at radius 1 is 1.19 bits per heavy atom. The highest BCUT2D eigenvalue weighted by molar-refractivity contribution is 5.86. The third-order valence-corrected chi connectivity index (χ3v) is 3.87. The number of amides is 1. The molecule has 2 aliphatic rings. The van der Waals surface area contributed by atoms with Crippen molar-refractivity contribution in [2.24, 2.45) is 5.10 Å². The molecule has 4 rings (SSSR count). The lowest BCUT2D eigenvalue weighted by molar-refractivity contribution is -0.130. The average Bonchev–Trinajstić information content (AvgIpc) is 3.15. The standard InChI is InChI=1S/C18H16N2O6/c1-22-14-6-11(7-15-17(14)25-10-24-15)8-19-20-18(21)16-9-23-12-4-2-3-5-13(12)26-16/h2-8,16H,9-10H2,1H3,(H,20,21)/b19-8-/t16-/m1/s1. The van der Waals surface area contributed by atoms with Crippen LogP contribution in [0.3, 0.4) is 0 Å². The molecule has 0 saturated carbocycles. The SMILES string of the molecule is COc1cc(/C=N\NC(=O)[C@H]2COc3ccccc3O2)cc2c1OCO2. The number of fused-ring (bicyclic) bond motifs is 2. The van der Waals surface area contributed by atoms with E-state index in [1.165, 1.54) is 13.3 Å². The largest absolute Gasteiger partial charge is 0.493 e. The van der Waals surface area contributed by atoms with Gasteiger partial charge in [0.15, 0.2) is 23.0 Å². The Bertz CT molecular complexity index is 867. The van der Waals surface area contributed by atoms with Crippen LogP contribution in [0.25, 0.3) is 0 Å². The van der Waals surface area contributed by atoms with Gasteiger partial charge in [-0.1, -0.05) is 12.1 Å². The van der Waals surface area contributed by atoms with Gasteiger partial charge in [0.1, 0.15) is 6.61 Å². The summed E-state index contributed by atoms with van der Waals surface area (Å²) in [5.41, 5.74) is 3.14. The molecule has 0 radical (unpaired) electrons. The van der Waals surface area contributed by atoms with Crippen LogP contribution < -0.4 is 29.1 Å². The van der Waals surface area contributed by atoms with E-state index >= 15 is 0 Å². The molecule has 2 heterocycles. The molecule has 0 aromatic heterocycles. The first-order valence-electron chi connectivity index (χ1n) is 7.93. The van der Waals surface area contributed by atoms with E-state index in [0.29, 0.717) is 34.3 Å². The van der Waals surface area contributed by atoms with Gasteiger partial charge in [0, 0.05) is 5.56 Å². The fourth-order valence-electron chi connectivity index (χ4n) is 2.62. The van der Waals surface area contributed by atoms with E-state index in [1.807, 2.05) is 12.1 Å².